The van der Waals surface area contributed by atoms with Crippen molar-refractivity contribution < 1.29 is 9.66 Å². The molecule has 0 heterocycles. The normalized spacial score (nSPS) is 11.2. The average Bonchev–Trinajstić information content (AvgIpc) is 2.20. The van der Waals surface area contributed by atoms with E-state index in [-0.39, 0.29) is 17.0 Å². The third kappa shape index (κ3) is 2.85. The zero-order valence-electron chi connectivity index (χ0n) is 9.69. The summed E-state index contributed by atoms with van der Waals surface area (Å²) in [6.07, 6.45) is 0.823. The van der Waals surface area contributed by atoms with Gasteiger partial charge in [-0.2, -0.15) is 0 Å². The van der Waals surface area contributed by atoms with E-state index >= 15 is 0 Å². The minimum Gasteiger partial charge on any atom is -0.486 e. The molecular formula is C11H16N2O3. The monoisotopic (exact) mass is 224 g/mol. The van der Waals surface area contributed by atoms with E-state index < -0.39 is 4.92 Å². The SMILES string of the molecule is CCC(C)(C)Oc1ccc([N+](=O)[O-])cc1N. The van der Waals surface area contributed by atoms with E-state index in [1.807, 2.05) is 20.8 Å². The standard InChI is InChI=1S/C11H16N2O3/c1-4-11(2,3)16-10-6-5-8(13(14)15)7-9(10)12/h5-7H,4,12H2,1-3H3. The van der Waals surface area contributed by atoms with Crippen LogP contribution in [0.5, 0.6) is 5.75 Å². The number of benzene rings is 1. The van der Waals surface area contributed by atoms with Crippen molar-refractivity contribution in [1.29, 1.82) is 0 Å². The number of nitrogens with zero attached hydrogens (tertiary/aromatic N) is 1. The van der Waals surface area contributed by atoms with Crippen LogP contribution in [0.25, 0.3) is 0 Å². The zero-order chi connectivity index (χ0) is 12.3. The van der Waals surface area contributed by atoms with Crippen molar-refractivity contribution in [2.75, 3.05) is 5.73 Å². The highest BCUT2D eigenvalue weighted by Crippen LogP contribution is 2.30. The lowest BCUT2D eigenvalue weighted by atomic mass is 10.1. The molecule has 88 valence electrons. The number of nitro benzene ring substituents is 1. The molecule has 0 saturated heterocycles. The number of rotatable bonds is 4. The molecule has 0 aliphatic rings. The third-order valence-corrected chi connectivity index (χ3v) is 2.44. The average molecular weight is 224 g/mol. The predicted molar refractivity (Wildman–Crippen MR) is 62.5 cm³/mol. The van der Waals surface area contributed by atoms with E-state index in [0.29, 0.717) is 5.75 Å². The van der Waals surface area contributed by atoms with Crippen molar-refractivity contribution in [3.8, 4) is 5.75 Å². The molecule has 16 heavy (non-hydrogen) atoms. The van der Waals surface area contributed by atoms with Gasteiger partial charge >= 0.3 is 0 Å². The van der Waals surface area contributed by atoms with E-state index in [2.05, 4.69) is 0 Å². The van der Waals surface area contributed by atoms with Crippen molar-refractivity contribution >= 4 is 11.4 Å². The summed E-state index contributed by atoms with van der Waals surface area (Å²) in [6.45, 7) is 5.88. The molecule has 0 atom stereocenters. The van der Waals surface area contributed by atoms with Crippen molar-refractivity contribution in [2.24, 2.45) is 0 Å². The topological polar surface area (TPSA) is 78.4 Å². The van der Waals surface area contributed by atoms with E-state index in [4.69, 9.17) is 10.5 Å². The van der Waals surface area contributed by atoms with Gasteiger partial charge in [-0.1, -0.05) is 6.92 Å². The molecule has 0 radical (unpaired) electrons. The summed E-state index contributed by atoms with van der Waals surface area (Å²) < 4.78 is 5.67. The Labute approximate surface area is 94.4 Å². The number of hydrogen-bond acceptors (Lipinski definition) is 4. The fourth-order valence-electron chi connectivity index (χ4n) is 1.11. The maximum Gasteiger partial charge on any atom is 0.271 e. The molecule has 0 amide bonds. The van der Waals surface area contributed by atoms with Gasteiger partial charge in [0.25, 0.3) is 5.69 Å². The molecule has 0 saturated carbocycles. The number of non-ortho nitro benzene ring substituents is 1. The van der Waals surface area contributed by atoms with Gasteiger partial charge in [0.1, 0.15) is 11.4 Å². The minimum absolute atomic E-state index is 0.0286. The summed E-state index contributed by atoms with van der Waals surface area (Å²) in [5.41, 5.74) is 5.62. The van der Waals surface area contributed by atoms with Crippen molar-refractivity contribution in [3.05, 3.63) is 28.3 Å². The fraction of sp³-hybridized carbons (Fsp3) is 0.455. The molecule has 0 aliphatic carbocycles. The van der Waals surface area contributed by atoms with E-state index in [9.17, 15) is 10.1 Å². The van der Waals surface area contributed by atoms with Crippen LogP contribution in [-0.4, -0.2) is 10.5 Å². The van der Waals surface area contributed by atoms with Crippen molar-refractivity contribution in [3.63, 3.8) is 0 Å². The number of ether oxygens (including phenoxy) is 1. The van der Waals surface area contributed by atoms with Crippen molar-refractivity contribution in [2.45, 2.75) is 32.8 Å². The molecule has 1 rings (SSSR count). The third-order valence-electron chi connectivity index (χ3n) is 2.44. The molecule has 0 bridgehead atoms. The summed E-state index contributed by atoms with van der Waals surface area (Å²) >= 11 is 0. The van der Waals surface area contributed by atoms with Crippen LogP contribution < -0.4 is 10.5 Å². The van der Waals surface area contributed by atoms with Crippen molar-refractivity contribution in [1.82, 2.24) is 0 Å². The fourth-order valence-corrected chi connectivity index (χ4v) is 1.11. The number of nitro groups is 1. The highest BCUT2D eigenvalue weighted by atomic mass is 16.6. The van der Waals surface area contributed by atoms with Crippen LogP contribution in [0.15, 0.2) is 18.2 Å². The van der Waals surface area contributed by atoms with Gasteiger partial charge in [0.05, 0.1) is 10.6 Å². The summed E-state index contributed by atoms with van der Waals surface area (Å²) in [6, 6.07) is 4.23. The Kier molecular flexibility index (Phi) is 3.37. The van der Waals surface area contributed by atoms with Crippen LogP contribution in [0, 0.1) is 10.1 Å². The lowest BCUT2D eigenvalue weighted by Crippen LogP contribution is -2.27. The second-order valence-corrected chi connectivity index (χ2v) is 4.19. The van der Waals surface area contributed by atoms with Gasteiger partial charge in [-0.3, -0.25) is 10.1 Å². The van der Waals surface area contributed by atoms with E-state index in [1.54, 1.807) is 0 Å². The predicted octanol–water partition coefficient (Wildman–Crippen LogP) is 2.74. The van der Waals surface area contributed by atoms with Crippen LogP contribution in [0.2, 0.25) is 0 Å². The Morgan fingerprint density at radius 1 is 1.50 bits per heavy atom. The van der Waals surface area contributed by atoms with Gasteiger partial charge in [0, 0.05) is 12.1 Å². The van der Waals surface area contributed by atoms with Crippen LogP contribution in [0.1, 0.15) is 27.2 Å². The Morgan fingerprint density at radius 2 is 2.12 bits per heavy atom. The van der Waals surface area contributed by atoms with Gasteiger partial charge in [-0.25, -0.2) is 0 Å². The summed E-state index contributed by atoms with van der Waals surface area (Å²) in [7, 11) is 0. The summed E-state index contributed by atoms with van der Waals surface area (Å²) in [5, 5.41) is 10.5. The van der Waals surface area contributed by atoms with Crippen LogP contribution >= 0.6 is 0 Å². The molecule has 0 spiro atoms. The Hall–Kier alpha value is -1.78. The number of nitrogen functional groups attached to an aromatic ring is 1. The summed E-state index contributed by atoms with van der Waals surface area (Å²) in [4.78, 5) is 10.0. The molecule has 1 aromatic carbocycles. The maximum atomic E-state index is 10.5. The molecular weight excluding hydrogens is 208 g/mol. The molecule has 0 unspecified atom stereocenters. The minimum atomic E-state index is -0.481. The molecule has 2 N–H and O–H groups in total. The van der Waals surface area contributed by atoms with Crippen LogP contribution in [0.3, 0.4) is 0 Å². The molecule has 5 nitrogen and oxygen atoms in total. The number of hydrogen-bond donors (Lipinski definition) is 1. The first-order valence-electron chi connectivity index (χ1n) is 5.08. The van der Waals surface area contributed by atoms with Gasteiger partial charge < -0.3 is 10.5 Å². The Balaban J connectivity index is 2.96. The first-order chi connectivity index (χ1) is 7.35. The summed E-state index contributed by atoms with van der Waals surface area (Å²) in [5.74, 6) is 0.484. The van der Waals surface area contributed by atoms with Gasteiger partial charge in [-0.15, -0.1) is 0 Å². The molecule has 0 aliphatic heterocycles. The second-order valence-electron chi connectivity index (χ2n) is 4.19. The van der Waals surface area contributed by atoms with Crippen LogP contribution in [0.4, 0.5) is 11.4 Å². The highest BCUT2D eigenvalue weighted by Gasteiger charge is 2.19. The highest BCUT2D eigenvalue weighted by molar-refractivity contribution is 5.58. The number of anilines is 1. The first kappa shape index (κ1) is 12.3. The molecule has 5 heteroatoms. The molecule has 0 aromatic heterocycles. The van der Waals surface area contributed by atoms with Gasteiger partial charge in [-0.05, 0) is 26.3 Å². The van der Waals surface area contributed by atoms with E-state index in [1.165, 1.54) is 18.2 Å². The second kappa shape index (κ2) is 4.38. The largest absolute Gasteiger partial charge is 0.486 e. The van der Waals surface area contributed by atoms with Gasteiger partial charge in [0.2, 0.25) is 0 Å². The maximum absolute atomic E-state index is 10.5. The molecule has 0 fully saturated rings. The lowest BCUT2D eigenvalue weighted by Gasteiger charge is -2.25. The first-order valence-corrected chi connectivity index (χ1v) is 5.08. The van der Waals surface area contributed by atoms with E-state index in [0.717, 1.165) is 6.42 Å². The Morgan fingerprint density at radius 3 is 2.56 bits per heavy atom. The molecule has 1 aromatic rings. The van der Waals surface area contributed by atoms with Crippen LogP contribution in [-0.2, 0) is 0 Å². The van der Waals surface area contributed by atoms with Gasteiger partial charge in [0.15, 0.2) is 0 Å². The smallest absolute Gasteiger partial charge is 0.271 e. The zero-order valence-corrected chi connectivity index (χ0v) is 9.69. The number of nitrogens with two attached hydrogens (primary N) is 1. The quantitative estimate of drug-likeness (QED) is 0.484. The Bertz CT molecular complexity index is 402. The lowest BCUT2D eigenvalue weighted by molar-refractivity contribution is -0.384.